The van der Waals surface area contributed by atoms with Gasteiger partial charge < -0.3 is 4.74 Å². The summed E-state index contributed by atoms with van der Waals surface area (Å²) in [7, 11) is -4.02. The van der Waals surface area contributed by atoms with Crippen molar-refractivity contribution in [1.82, 2.24) is 0 Å². The van der Waals surface area contributed by atoms with E-state index in [0.717, 1.165) is 4.31 Å². The smallest absolute Gasteiger partial charge is 0.429 e. The molecular formula is C18H19NO4S. The summed E-state index contributed by atoms with van der Waals surface area (Å²) in [4.78, 5) is 12.5. The van der Waals surface area contributed by atoms with Crippen LogP contribution in [0.4, 0.5) is 10.5 Å². The summed E-state index contributed by atoms with van der Waals surface area (Å²) in [5.41, 5.74) is 1.61. The Morgan fingerprint density at radius 3 is 2.75 bits per heavy atom. The zero-order valence-corrected chi connectivity index (χ0v) is 14.4. The number of para-hydroxylation sites is 1. The van der Waals surface area contributed by atoms with Crippen molar-refractivity contribution >= 4 is 21.8 Å². The van der Waals surface area contributed by atoms with Gasteiger partial charge in [0.25, 0.3) is 10.0 Å². The lowest BCUT2D eigenvalue weighted by Gasteiger charge is -2.39. The van der Waals surface area contributed by atoms with E-state index in [9.17, 15) is 13.2 Å². The highest BCUT2D eigenvalue weighted by atomic mass is 32.2. The number of carbonyl (C=O) groups is 1. The van der Waals surface area contributed by atoms with Gasteiger partial charge in [-0.1, -0.05) is 48.6 Å². The molecule has 0 fully saturated rings. The molecule has 1 aromatic rings. The first-order valence-electron chi connectivity index (χ1n) is 7.64. The highest BCUT2D eigenvalue weighted by Crippen LogP contribution is 2.42. The van der Waals surface area contributed by atoms with Crippen molar-refractivity contribution in [3.63, 3.8) is 0 Å². The molecule has 6 heteroatoms. The fraction of sp³-hybridized carbons (Fsp3) is 0.278. The van der Waals surface area contributed by atoms with Crippen LogP contribution in [-0.2, 0) is 14.8 Å². The van der Waals surface area contributed by atoms with Gasteiger partial charge in [-0.05, 0) is 32.4 Å². The highest BCUT2D eigenvalue weighted by Gasteiger charge is 2.50. The van der Waals surface area contributed by atoms with E-state index in [-0.39, 0.29) is 0 Å². The van der Waals surface area contributed by atoms with Gasteiger partial charge in [-0.2, -0.15) is 4.31 Å². The Morgan fingerprint density at radius 1 is 1.38 bits per heavy atom. The molecule has 1 aliphatic heterocycles. The topological polar surface area (TPSA) is 63.7 Å². The van der Waals surface area contributed by atoms with Crippen molar-refractivity contribution in [3.8, 4) is 0 Å². The Morgan fingerprint density at radius 2 is 2.08 bits per heavy atom. The summed E-state index contributed by atoms with van der Waals surface area (Å²) >= 11 is 0. The van der Waals surface area contributed by atoms with E-state index in [1.807, 2.05) is 6.08 Å². The third-order valence-corrected chi connectivity index (χ3v) is 7.16. The summed E-state index contributed by atoms with van der Waals surface area (Å²) in [5.74, 6) is 0. The molecule has 0 spiro atoms. The third-order valence-electron chi connectivity index (χ3n) is 4.70. The molecule has 0 saturated carbocycles. The number of amides is 1. The monoisotopic (exact) mass is 345 g/mol. The maximum Gasteiger partial charge on any atom is 0.429 e. The molecule has 2 unspecified atom stereocenters. The average Bonchev–Trinajstić information content (AvgIpc) is 2.56. The molecule has 1 amide bonds. The normalized spacial score (nSPS) is 26.4. The molecule has 0 bridgehead atoms. The molecule has 126 valence electrons. The Kier molecular flexibility index (Phi) is 3.87. The zero-order chi connectivity index (χ0) is 17.5. The maximum atomic E-state index is 13.4. The first-order chi connectivity index (χ1) is 11.3. The minimum Gasteiger partial charge on any atom is -0.436 e. The average molecular weight is 345 g/mol. The summed E-state index contributed by atoms with van der Waals surface area (Å²) in [6, 6.07) is 6.83. The number of hydrogen-bond donors (Lipinski definition) is 0. The maximum absolute atomic E-state index is 13.4. The molecular weight excluding hydrogens is 326 g/mol. The van der Waals surface area contributed by atoms with Crippen LogP contribution in [0.15, 0.2) is 60.7 Å². The van der Waals surface area contributed by atoms with Crippen molar-refractivity contribution in [1.29, 1.82) is 0 Å². The molecule has 5 nitrogen and oxygen atoms in total. The van der Waals surface area contributed by atoms with E-state index in [2.05, 4.69) is 6.58 Å². The Balaban J connectivity index is 2.18. The molecule has 3 rings (SSSR count). The molecule has 0 aromatic heterocycles. The molecule has 2 atom stereocenters. The lowest BCUT2D eigenvalue weighted by molar-refractivity contribution is 0.126. The third kappa shape index (κ3) is 2.21. The number of allylic oxidation sites excluding steroid dienone is 3. The minimum absolute atomic E-state index is 0.300. The first-order valence-corrected chi connectivity index (χ1v) is 9.08. The molecule has 2 aliphatic rings. The van der Waals surface area contributed by atoms with Gasteiger partial charge >= 0.3 is 6.09 Å². The standard InChI is InChI=1S/C18H19NO4S/c1-4-16-14-10-5-6-11-15(14)19(17(20)23-16)24(21,22)18(3)12-8-7-9-13(18)2/h4-11,16H,1,12H2,2-3H3. The van der Waals surface area contributed by atoms with Crippen LogP contribution < -0.4 is 4.31 Å². The number of cyclic esters (lactones) is 1. The van der Waals surface area contributed by atoms with Crippen LogP contribution in [0.2, 0.25) is 0 Å². The number of fused-ring (bicyclic) bond motifs is 1. The number of nitrogens with zero attached hydrogens (tertiary/aromatic N) is 1. The van der Waals surface area contributed by atoms with Crippen LogP contribution in [0.3, 0.4) is 0 Å². The highest BCUT2D eigenvalue weighted by molar-refractivity contribution is 7.95. The van der Waals surface area contributed by atoms with Crippen molar-refractivity contribution in [3.05, 3.63) is 66.3 Å². The molecule has 1 aromatic carbocycles. The van der Waals surface area contributed by atoms with Crippen molar-refractivity contribution in [2.45, 2.75) is 31.1 Å². The molecule has 1 heterocycles. The molecule has 0 radical (unpaired) electrons. The Bertz CT molecular complexity index is 869. The van der Waals surface area contributed by atoms with Gasteiger partial charge in [-0.3, -0.25) is 0 Å². The summed E-state index contributed by atoms with van der Waals surface area (Å²) < 4.78 is 31.6. The van der Waals surface area contributed by atoms with Crippen LogP contribution in [0.1, 0.15) is 31.9 Å². The SMILES string of the molecule is C=CC1OC(=O)N(S(=O)(=O)C2(C)CC=CC=C2C)c2ccccc21. The van der Waals surface area contributed by atoms with E-state index in [4.69, 9.17) is 4.74 Å². The van der Waals surface area contributed by atoms with E-state index in [1.54, 1.807) is 50.3 Å². The van der Waals surface area contributed by atoms with Crippen LogP contribution >= 0.6 is 0 Å². The van der Waals surface area contributed by atoms with E-state index < -0.39 is 27.0 Å². The van der Waals surface area contributed by atoms with Crippen LogP contribution in [0.25, 0.3) is 0 Å². The van der Waals surface area contributed by atoms with E-state index in [1.165, 1.54) is 6.08 Å². The quantitative estimate of drug-likeness (QED) is 0.780. The van der Waals surface area contributed by atoms with Gasteiger partial charge in [0.15, 0.2) is 0 Å². The van der Waals surface area contributed by atoms with Gasteiger partial charge in [-0.15, -0.1) is 0 Å². The fourth-order valence-corrected chi connectivity index (χ4v) is 4.84. The second kappa shape index (κ2) is 5.63. The van der Waals surface area contributed by atoms with Gasteiger partial charge in [0.05, 0.1) is 5.69 Å². The zero-order valence-electron chi connectivity index (χ0n) is 13.6. The number of ether oxygens (including phenoxy) is 1. The lowest BCUT2D eigenvalue weighted by Crippen LogP contribution is -2.52. The van der Waals surface area contributed by atoms with Crippen LogP contribution in [0.5, 0.6) is 0 Å². The fourth-order valence-electron chi connectivity index (χ4n) is 2.99. The summed E-state index contributed by atoms with van der Waals surface area (Å²) in [6.45, 7) is 7.05. The molecule has 0 N–H and O–H groups in total. The van der Waals surface area contributed by atoms with E-state index >= 15 is 0 Å². The largest absolute Gasteiger partial charge is 0.436 e. The number of sulfonamides is 1. The number of benzene rings is 1. The van der Waals surface area contributed by atoms with Crippen molar-refractivity contribution in [2.75, 3.05) is 4.31 Å². The molecule has 1 aliphatic carbocycles. The minimum atomic E-state index is -4.02. The van der Waals surface area contributed by atoms with Crippen LogP contribution in [0, 0.1) is 0 Å². The van der Waals surface area contributed by atoms with Gasteiger partial charge in [0, 0.05) is 5.56 Å². The van der Waals surface area contributed by atoms with Gasteiger partial charge in [0.2, 0.25) is 0 Å². The molecule has 24 heavy (non-hydrogen) atoms. The van der Waals surface area contributed by atoms with E-state index in [0.29, 0.717) is 23.2 Å². The van der Waals surface area contributed by atoms with Crippen LogP contribution in [-0.4, -0.2) is 19.3 Å². The first kappa shape index (κ1) is 16.5. The number of rotatable bonds is 3. The number of hydrogen-bond acceptors (Lipinski definition) is 4. The Hall–Kier alpha value is -2.34. The number of carbonyl (C=O) groups excluding carboxylic acids is 1. The molecule has 0 saturated heterocycles. The van der Waals surface area contributed by atoms with Gasteiger partial charge in [-0.25, -0.2) is 13.2 Å². The summed E-state index contributed by atoms with van der Waals surface area (Å²) in [5, 5.41) is 0. The predicted octanol–water partition coefficient (Wildman–Crippen LogP) is 3.87. The number of anilines is 1. The predicted molar refractivity (Wildman–Crippen MR) is 93.2 cm³/mol. The second-order valence-electron chi connectivity index (χ2n) is 6.08. The second-order valence-corrected chi connectivity index (χ2v) is 8.30. The van der Waals surface area contributed by atoms with Crippen molar-refractivity contribution in [2.24, 2.45) is 0 Å². The Labute approximate surface area is 142 Å². The summed E-state index contributed by atoms with van der Waals surface area (Å²) in [6.07, 6.45) is 5.60. The van der Waals surface area contributed by atoms with Gasteiger partial charge in [0.1, 0.15) is 10.9 Å². The lowest BCUT2D eigenvalue weighted by atomic mass is 9.94. The van der Waals surface area contributed by atoms with Crippen molar-refractivity contribution < 1.29 is 17.9 Å².